The third-order valence-electron chi connectivity index (χ3n) is 2.84. The normalized spacial score (nSPS) is 13.4. The number of hydrogen-bond acceptors (Lipinski definition) is 4. The smallest absolute Gasteiger partial charge is 0.138 e. The highest BCUT2D eigenvalue weighted by molar-refractivity contribution is 7.99. The van der Waals surface area contributed by atoms with Crippen molar-refractivity contribution in [1.82, 2.24) is 9.97 Å². The minimum Gasteiger partial charge on any atom is -0.359 e. The third-order valence-corrected chi connectivity index (χ3v) is 3.94. The van der Waals surface area contributed by atoms with Crippen LogP contribution in [0.4, 0.5) is 5.82 Å². The summed E-state index contributed by atoms with van der Waals surface area (Å²) in [6, 6.07) is 4.20. The molecule has 0 radical (unpaired) electrons. The van der Waals surface area contributed by atoms with E-state index in [0.29, 0.717) is 6.54 Å². The number of aromatic nitrogens is 2. The molecule has 84 valence electrons. The van der Waals surface area contributed by atoms with E-state index in [9.17, 15) is 0 Å². The fourth-order valence-electron chi connectivity index (χ4n) is 2.12. The first-order valence-corrected chi connectivity index (χ1v) is 6.45. The van der Waals surface area contributed by atoms with E-state index < -0.39 is 0 Å². The third kappa shape index (κ3) is 1.73. The van der Waals surface area contributed by atoms with Crippen molar-refractivity contribution in [3.63, 3.8) is 0 Å². The molecule has 2 aromatic rings. The van der Waals surface area contributed by atoms with Gasteiger partial charge in [-0.3, -0.25) is 0 Å². The molecule has 3 rings (SSSR count). The predicted octanol–water partition coefficient (Wildman–Crippen LogP) is 2.32. The number of nitrogens with zero attached hydrogens (tertiary/aromatic N) is 2. The van der Waals surface area contributed by atoms with Gasteiger partial charge >= 0.3 is 0 Å². The first-order chi connectivity index (χ1) is 8.40. The Morgan fingerprint density at radius 1 is 1.41 bits per heavy atom. The van der Waals surface area contributed by atoms with Crippen molar-refractivity contribution in [3.8, 4) is 12.3 Å². The van der Waals surface area contributed by atoms with Gasteiger partial charge in [0.2, 0.25) is 0 Å². The summed E-state index contributed by atoms with van der Waals surface area (Å²) in [4.78, 5) is 9.95. The standard InChI is InChI=1S/C13H11N3S/c1-2-6-14-13-12-9-5-7-17-11(9)4-3-10(12)15-8-16-13/h1,3-4,8H,5-7H2,(H,14,15,16). The molecule has 1 aliphatic rings. The van der Waals surface area contributed by atoms with Crippen molar-refractivity contribution in [2.24, 2.45) is 0 Å². The van der Waals surface area contributed by atoms with Gasteiger partial charge in [0, 0.05) is 16.0 Å². The maximum atomic E-state index is 5.27. The SMILES string of the molecule is C#CCNc1ncnc2ccc3c(c12)CCS3. The number of hydrogen-bond donors (Lipinski definition) is 1. The van der Waals surface area contributed by atoms with Gasteiger partial charge < -0.3 is 5.32 Å². The van der Waals surface area contributed by atoms with Crippen LogP contribution in [0.15, 0.2) is 23.4 Å². The lowest BCUT2D eigenvalue weighted by Crippen LogP contribution is -2.03. The van der Waals surface area contributed by atoms with Gasteiger partial charge in [0.05, 0.1) is 12.1 Å². The number of anilines is 1. The summed E-state index contributed by atoms with van der Waals surface area (Å²) >= 11 is 1.89. The average molecular weight is 241 g/mol. The number of nitrogens with one attached hydrogen (secondary N) is 1. The molecule has 1 aromatic carbocycles. The topological polar surface area (TPSA) is 37.8 Å². The van der Waals surface area contributed by atoms with Crippen LogP contribution < -0.4 is 5.32 Å². The summed E-state index contributed by atoms with van der Waals surface area (Å²) in [5.74, 6) is 4.56. The number of fused-ring (bicyclic) bond motifs is 3. The van der Waals surface area contributed by atoms with Gasteiger partial charge in [-0.15, -0.1) is 18.2 Å². The molecule has 0 fully saturated rings. The highest BCUT2D eigenvalue weighted by Crippen LogP contribution is 2.37. The molecule has 0 spiro atoms. The molecule has 17 heavy (non-hydrogen) atoms. The maximum Gasteiger partial charge on any atom is 0.138 e. The van der Waals surface area contributed by atoms with Crippen LogP contribution in [-0.4, -0.2) is 22.3 Å². The number of aryl methyl sites for hydroxylation is 1. The maximum absolute atomic E-state index is 5.27. The minimum absolute atomic E-state index is 0.489. The summed E-state index contributed by atoms with van der Waals surface area (Å²) in [6.45, 7) is 0.489. The lowest BCUT2D eigenvalue weighted by atomic mass is 10.1. The Morgan fingerprint density at radius 3 is 3.24 bits per heavy atom. The predicted molar refractivity (Wildman–Crippen MR) is 71.3 cm³/mol. The first kappa shape index (κ1) is 10.4. The second kappa shape index (κ2) is 4.27. The summed E-state index contributed by atoms with van der Waals surface area (Å²) in [5.41, 5.74) is 2.34. The Balaban J connectivity index is 2.22. The molecule has 1 aromatic heterocycles. The fourth-order valence-corrected chi connectivity index (χ4v) is 3.19. The van der Waals surface area contributed by atoms with E-state index in [1.54, 1.807) is 6.33 Å². The summed E-state index contributed by atoms with van der Waals surface area (Å²) in [6.07, 6.45) is 7.93. The average Bonchev–Trinajstić information content (AvgIpc) is 2.84. The van der Waals surface area contributed by atoms with E-state index in [1.165, 1.54) is 10.5 Å². The van der Waals surface area contributed by atoms with Crippen LogP contribution in [0, 0.1) is 12.3 Å². The van der Waals surface area contributed by atoms with Crippen molar-refractivity contribution in [1.29, 1.82) is 0 Å². The van der Waals surface area contributed by atoms with E-state index in [4.69, 9.17) is 6.42 Å². The Bertz CT molecular complexity index is 616. The molecular formula is C13H11N3S. The van der Waals surface area contributed by atoms with Crippen molar-refractivity contribution < 1.29 is 0 Å². The molecule has 1 aliphatic heterocycles. The van der Waals surface area contributed by atoms with Crippen LogP contribution >= 0.6 is 11.8 Å². The van der Waals surface area contributed by atoms with Crippen LogP contribution in [0.3, 0.4) is 0 Å². The molecular weight excluding hydrogens is 230 g/mol. The van der Waals surface area contributed by atoms with Gasteiger partial charge in [0.15, 0.2) is 0 Å². The summed E-state index contributed by atoms with van der Waals surface area (Å²) < 4.78 is 0. The van der Waals surface area contributed by atoms with E-state index in [1.807, 2.05) is 11.8 Å². The monoisotopic (exact) mass is 241 g/mol. The lowest BCUT2D eigenvalue weighted by Gasteiger charge is -2.09. The molecule has 0 aliphatic carbocycles. The molecule has 0 amide bonds. The van der Waals surface area contributed by atoms with Gasteiger partial charge in [-0.2, -0.15) is 0 Å². The quantitative estimate of drug-likeness (QED) is 0.819. The highest BCUT2D eigenvalue weighted by atomic mass is 32.2. The van der Waals surface area contributed by atoms with E-state index >= 15 is 0 Å². The molecule has 2 heterocycles. The lowest BCUT2D eigenvalue weighted by molar-refractivity contribution is 1.13. The number of terminal acetylenes is 1. The van der Waals surface area contributed by atoms with Gasteiger partial charge in [-0.1, -0.05) is 5.92 Å². The number of benzene rings is 1. The minimum atomic E-state index is 0.489. The zero-order valence-corrected chi connectivity index (χ0v) is 10.0. The van der Waals surface area contributed by atoms with Crippen LogP contribution in [0.5, 0.6) is 0 Å². The molecule has 0 bridgehead atoms. The van der Waals surface area contributed by atoms with Crippen molar-refractivity contribution in [2.45, 2.75) is 11.3 Å². The zero-order chi connectivity index (χ0) is 11.7. The molecule has 3 nitrogen and oxygen atoms in total. The summed E-state index contributed by atoms with van der Waals surface area (Å²) in [7, 11) is 0. The van der Waals surface area contributed by atoms with Crippen molar-refractivity contribution in [2.75, 3.05) is 17.6 Å². The van der Waals surface area contributed by atoms with Crippen LogP contribution in [0.1, 0.15) is 5.56 Å². The summed E-state index contributed by atoms with van der Waals surface area (Å²) in [5, 5.41) is 4.30. The molecule has 1 N–H and O–H groups in total. The van der Waals surface area contributed by atoms with E-state index in [2.05, 4.69) is 33.3 Å². The van der Waals surface area contributed by atoms with Crippen molar-refractivity contribution in [3.05, 3.63) is 24.0 Å². The van der Waals surface area contributed by atoms with Gasteiger partial charge in [-0.25, -0.2) is 9.97 Å². The molecule has 0 saturated carbocycles. The van der Waals surface area contributed by atoms with Crippen LogP contribution in [0.25, 0.3) is 10.9 Å². The molecule has 0 atom stereocenters. The Labute approximate surface area is 104 Å². The van der Waals surface area contributed by atoms with Crippen LogP contribution in [-0.2, 0) is 6.42 Å². The molecule has 0 saturated heterocycles. The largest absolute Gasteiger partial charge is 0.359 e. The molecule has 0 unspecified atom stereocenters. The zero-order valence-electron chi connectivity index (χ0n) is 9.23. The van der Waals surface area contributed by atoms with E-state index in [-0.39, 0.29) is 0 Å². The van der Waals surface area contributed by atoms with Crippen LogP contribution in [0.2, 0.25) is 0 Å². The first-order valence-electron chi connectivity index (χ1n) is 5.47. The van der Waals surface area contributed by atoms with Gasteiger partial charge in [0.1, 0.15) is 12.1 Å². The Morgan fingerprint density at radius 2 is 2.35 bits per heavy atom. The second-order valence-corrected chi connectivity index (χ2v) is 4.95. The number of rotatable bonds is 2. The van der Waals surface area contributed by atoms with Gasteiger partial charge in [0.25, 0.3) is 0 Å². The molecule has 4 heteroatoms. The Kier molecular flexibility index (Phi) is 2.62. The number of thioether (sulfide) groups is 1. The van der Waals surface area contributed by atoms with E-state index in [0.717, 1.165) is 28.9 Å². The van der Waals surface area contributed by atoms with Crippen molar-refractivity contribution >= 4 is 28.5 Å². The Hall–Kier alpha value is -1.73. The van der Waals surface area contributed by atoms with Gasteiger partial charge in [-0.05, 0) is 24.1 Å². The highest BCUT2D eigenvalue weighted by Gasteiger charge is 2.17. The second-order valence-electron chi connectivity index (χ2n) is 3.81. The fraction of sp³-hybridized carbons (Fsp3) is 0.231.